The predicted octanol–water partition coefficient (Wildman–Crippen LogP) is 3.28. The van der Waals surface area contributed by atoms with E-state index in [0.717, 1.165) is 0 Å². The molecule has 1 atom stereocenters. The van der Waals surface area contributed by atoms with Gasteiger partial charge in [-0.25, -0.2) is 0 Å². The first-order valence-corrected chi connectivity index (χ1v) is 7.61. The Bertz CT molecular complexity index is 771. The van der Waals surface area contributed by atoms with Crippen molar-refractivity contribution in [2.45, 2.75) is 12.5 Å². The molecule has 0 saturated carbocycles. The molecule has 2 rings (SSSR count). The molecule has 0 aliphatic heterocycles. The highest BCUT2D eigenvalue weighted by Gasteiger charge is 2.18. The summed E-state index contributed by atoms with van der Waals surface area (Å²) in [5, 5.41) is 12.5. The number of halogens is 1. The average Bonchev–Trinajstić information content (AvgIpc) is 2.61. The lowest BCUT2D eigenvalue weighted by Gasteiger charge is -2.15. The molecule has 6 heteroatoms. The van der Waals surface area contributed by atoms with Gasteiger partial charge in [0, 0.05) is 10.6 Å². The Morgan fingerprint density at radius 3 is 2.62 bits per heavy atom. The van der Waals surface area contributed by atoms with Gasteiger partial charge >= 0.3 is 0 Å². The molecule has 0 unspecified atom stereocenters. The molecule has 0 fully saturated rings. The molecular weight excluding hydrogens is 328 g/mol. The molecule has 2 aromatic rings. The number of methoxy groups -OCH3 is 2. The normalized spacial score (nSPS) is 11.2. The molecule has 1 N–H and O–H groups in total. The fraction of sp³-hybridized carbons (Fsp3) is 0.222. The van der Waals surface area contributed by atoms with E-state index in [1.807, 2.05) is 0 Å². The summed E-state index contributed by atoms with van der Waals surface area (Å²) in [6.45, 7) is 0. The molecule has 24 heavy (non-hydrogen) atoms. The van der Waals surface area contributed by atoms with Crippen LogP contribution in [0, 0.1) is 11.3 Å². The lowest BCUT2D eigenvalue weighted by molar-refractivity contribution is -0.120. The van der Waals surface area contributed by atoms with Crippen molar-refractivity contribution in [2.24, 2.45) is 0 Å². The number of nitrogens with zero attached hydrogens (tertiary/aromatic N) is 1. The zero-order valence-electron chi connectivity index (χ0n) is 13.4. The minimum absolute atomic E-state index is 0.0656. The average molecular weight is 345 g/mol. The van der Waals surface area contributed by atoms with Crippen LogP contribution >= 0.6 is 11.6 Å². The van der Waals surface area contributed by atoms with E-state index in [0.29, 0.717) is 27.6 Å². The first kappa shape index (κ1) is 17.6. The topological polar surface area (TPSA) is 71.3 Å². The van der Waals surface area contributed by atoms with Gasteiger partial charge in [-0.1, -0.05) is 35.9 Å². The smallest absolute Gasteiger partial charge is 0.225 e. The highest BCUT2D eigenvalue weighted by atomic mass is 35.5. The first-order chi connectivity index (χ1) is 11.6. The van der Waals surface area contributed by atoms with Crippen LogP contribution < -0.4 is 14.8 Å². The third-order valence-electron chi connectivity index (χ3n) is 3.50. The van der Waals surface area contributed by atoms with Gasteiger partial charge in [-0.15, -0.1) is 0 Å². The number of nitriles is 1. The number of hydrogen-bond donors (Lipinski definition) is 1. The Hall–Kier alpha value is -2.71. The number of ether oxygens (including phenoxy) is 2. The van der Waals surface area contributed by atoms with E-state index in [2.05, 4.69) is 11.4 Å². The quantitative estimate of drug-likeness (QED) is 0.873. The number of amides is 1. The lowest BCUT2D eigenvalue weighted by atomic mass is 10.1. The van der Waals surface area contributed by atoms with Gasteiger partial charge in [-0.05, 0) is 23.8 Å². The van der Waals surface area contributed by atoms with Crippen LogP contribution in [0.4, 0.5) is 0 Å². The second-order valence-electron chi connectivity index (χ2n) is 5.01. The van der Waals surface area contributed by atoms with Crippen molar-refractivity contribution in [3.8, 4) is 17.6 Å². The molecule has 0 bridgehead atoms. The van der Waals surface area contributed by atoms with Crippen molar-refractivity contribution in [2.75, 3.05) is 14.2 Å². The molecule has 0 aromatic heterocycles. The summed E-state index contributed by atoms with van der Waals surface area (Å²) >= 11 is 6.14. The molecule has 0 aliphatic carbocycles. The monoisotopic (exact) mass is 344 g/mol. The van der Waals surface area contributed by atoms with Crippen LogP contribution in [0.15, 0.2) is 42.5 Å². The van der Waals surface area contributed by atoms with E-state index >= 15 is 0 Å². The molecule has 1 amide bonds. The summed E-state index contributed by atoms with van der Waals surface area (Å²) in [7, 11) is 3.06. The zero-order valence-corrected chi connectivity index (χ0v) is 14.1. The molecule has 0 aliphatic rings. The number of nitrogens with one attached hydrogen (secondary N) is 1. The Morgan fingerprint density at radius 2 is 2.00 bits per heavy atom. The minimum atomic E-state index is -0.800. The largest absolute Gasteiger partial charge is 0.497 e. The standard InChI is InChI=1S/C18H17ClN2O3/c1-23-13-8-7-12(15(19)10-13)9-18(22)21-16(11-20)14-5-3-4-6-17(14)24-2/h3-8,10,16H,9H2,1-2H3,(H,21,22)/t16-/m1/s1. The third-order valence-corrected chi connectivity index (χ3v) is 3.85. The Kier molecular flexibility index (Phi) is 6.05. The van der Waals surface area contributed by atoms with Crippen LogP contribution in [0.2, 0.25) is 5.02 Å². The number of hydrogen-bond acceptors (Lipinski definition) is 4. The van der Waals surface area contributed by atoms with Crippen LogP contribution in [-0.2, 0) is 11.2 Å². The molecule has 0 saturated heterocycles. The van der Waals surface area contributed by atoms with Crippen molar-refractivity contribution in [3.05, 3.63) is 58.6 Å². The van der Waals surface area contributed by atoms with Crippen LogP contribution in [0.3, 0.4) is 0 Å². The van der Waals surface area contributed by atoms with E-state index < -0.39 is 6.04 Å². The molecule has 0 spiro atoms. The van der Waals surface area contributed by atoms with Crippen molar-refractivity contribution in [3.63, 3.8) is 0 Å². The number of carbonyl (C=O) groups is 1. The van der Waals surface area contributed by atoms with Crippen LogP contribution in [-0.4, -0.2) is 20.1 Å². The van der Waals surface area contributed by atoms with Crippen molar-refractivity contribution < 1.29 is 14.3 Å². The lowest BCUT2D eigenvalue weighted by Crippen LogP contribution is -2.29. The van der Waals surface area contributed by atoms with E-state index in [9.17, 15) is 10.1 Å². The maximum atomic E-state index is 12.3. The second-order valence-corrected chi connectivity index (χ2v) is 5.41. The Balaban J connectivity index is 2.12. The maximum Gasteiger partial charge on any atom is 0.225 e. The van der Waals surface area contributed by atoms with Gasteiger partial charge in [0.05, 0.1) is 26.7 Å². The summed E-state index contributed by atoms with van der Waals surface area (Å²) in [6.07, 6.45) is 0.0656. The Morgan fingerprint density at radius 1 is 1.25 bits per heavy atom. The highest BCUT2D eigenvalue weighted by molar-refractivity contribution is 6.31. The number of rotatable bonds is 6. The summed E-state index contributed by atoms with van der Waals surface area (Å²) in [6, 6.07) is 13.5. The summed E-state index contributed by atoms with van der Waals surface area (Å²) in [5.41, 5.74) is 1.27. The van der Waals surface area contributed by atoms with Crippen LogP contribution in [0.5, 0.6) is 11.5 Å². The molecule has 124 valence electrons. The van der Waals surface area contributed by atoms with E-state index in [1.165, 1.54) is 7.11 Å². The molecule has 2 aromatic carbocycles. The fourth-order valence-electron chi connectivity index (χ4n) is 2.27. The number of benzene rings is 2. The molecule has 5 nitrogen and oxygen atoms in total. The predicted molar refractivity (Wildman–Crippen MR) is 91.2 cm³/mol. The van der Waals surface area contributed by atoms with Crippen molar-refractivity contribution in [1.29, 1.82) is 5.26 Å². The second kappa shape index (κ2) is 8.23. The first-order valence-electron chi connectivity index (χ1n) is 7.23. The van der Waals surface area contributed by atoms with Crippen LogP contribution in [0.1, 0.15) is 17.2 Å². The third kappa shape index (κ3) is 4.18. The van der Waals surface area contributed by atoms with Gasteiger partial charge < -0.3 is 14.8 Å². The number of para-hydroxylation sites is 1. The summed E-state index contributed by atoms with van der Waals surface area (Å²) in [5.74, 6) is 0.861. The van der Waals surface area contributed by atoms with Crippen molar-refractivity contribution >= 4 is 17.5 Å². The fourth-order valence-corrected chi connectivity index (χ4v) is 2.51. The molecule has 0 heterocycles. The Labute approximate surface area is 145 Å². The highest BCUT2D eigenvalue weighted by Crippen LogP contribution is 2.25. The van der Waals surface area contributed by atoms with Crippen molar-refractivity contribution in [1.82, 2.24) is 5.32 Å². The van der Waals surface area contributed by atoms with Gasteiger partial charge in [0.15, 0.2) is 0 Å². The number of carbonyl (C=O) groups excluding carboxylic acids is 1. The molecule has 0 radical (unpaired) electrons. The SMILES string of the molecule is COc1ccc(CC(=O)N[C@H](C#N)c2ccccc2OC)c(Cl)c1. The van der Waals surface area contributed by atoms with Crippen LogP contribution in [0.25, 0.3) is 0 Å². The summed E-state index contributed by atoms with van der Waals surface area (Å²) < 4.78 is 10.3. The van der Waals surface area contributed by atoms with E-state index in [-0.39, 0.29) is 12.3 Å². The van der Waals surface area contributed by atoms with Gasteiger partial charge in [0.2, 0.25) is 5.91 Å². The summed E-state index contributed by atoms with van der Waals surface area (Å²) in [4.78, 5) is 12.3. The van der Waals surface area contributed by atoms with Gasteiger partial charge in [-0.2, -0.15) is 5.26 Å². The zero-order chi connectivity index (χ0) is 17.5. The van der Waals surface area contributed by atoms with E-state index in [1.54, 1.807) is 49.6 Å². The maximum absolute atomic E-state index is 12.3. The molecular formula is C18H17ClN2O3. The van der Waals surface area contributed by atoms with Gasteiger partial charge in [0.1, 0.15) is 17.5 Å². The van der Waals surface area contributed by atoms with Gasteiger partial charge in [0.25, 0.3) is 0 Å². The van der Waals surface area contributed by atoms with E-state index in [4.69, 9.17) is 21.1 Å². The van der Waals surface area contributed by atoms with Gasteiger partial charge in [-0.3, -0.25) is 4.79 Å². The minimum Gasteiger partial charge on any atom is -0.497 e.